The van der Waals surface area contributed by atoms with Crippen LogP contribution in [-0.4, -0.2) is 30.5 Å². The van der Waals surface area contributed by atoms with Crippen LogP contribution in [0.1, 0.15) is 37.7 Å². The molecule has 1 amide bonds. The molecule has 1 N–H and O–H groups in total. The highest BCUT2D eigenvalue weighted by atomic mass is 79.9. The first kappa shape index (κ1) is 19.9. The number of amides is 1. The van der Waals surface area contributed by atoms with Crippen LogP contribution in [0.4, 0.5) is 5.69 Å². The summed E-state index contributed by atoms with van der Waals surface area (Å²) in [7, 11) is 2.19. The number of rotatable bonds is 7. The number of para-hydroxylation sites is 1. The predicted octanol–water partition coefficient (Wildman–Crippen LogP) is 5.23. The molecular formula is C22H27BrN2O2. The van der Waals surface area contributed by atoms with Crippen LogP contribution in [0.5, 0.6) is 5.75 Å². The van der Waals surface area contributed by atoms with E-state index in [4.69, 9.17) is 4.74 Å². The summed E-state index contributed by atoms with van der Waals surface area (Å²) in [6.07, 6.45) is 6.54. The lowest BCUT2D eigenvalue weighted by molar-refractivity contribution is -0.118. The number of hydrogen-bond acceptors (Lipinski definition) is 3. The standard InChI is InChI=1S/C22H27BrN2O2/c1-25(19-8-3-2-4-9-19)15-17-7-5-6-10-21(17)24-22(26)16-27-20-13-11-18(23)12-14-20/h5-7,10-14,19H,2-4,8-9,15-16H2,1H3,(H,24,26). The van der Waals surface area contributed by atoms with Crippen molar-refractivity contribution in [2.24, 2.45) is 0 Å². The summed E-state index contributed by atoms with van der Waals surface area (Å²) >= 11 is 3.39. The molecule has 0 atom stereocenters. The summed E-state index contributed by atoms with van der Waals surface area (Å²) in [5, 5.41) is 3.00. The van der Waals surface area contributed by atoms with Gasteiger partial charge in [0.1, 0.15) is 5.75 Å². The molecule has 4 nitrogen and oxygen atoms in total. The SMILES string of the molecule is CN(Cc1ccccc1NC(=O)COc1ccc(Br)cc1)C1CCCCC1. The summed E-state index contributed by atoms with van der Waals surface area (Å²) in [5.74, 6) is 0.532. The Hall–Kier alpha value is -1.85. The van der Waals surface area contributed by atoms with E-state index in [2.05, 4.69) is 39.3 Å². The molecule has 2 aromatic carbocycles. The monoisotopic (exact) mass is 430 g/mol. The van der Waals surface area contributed by atoms with Gasteiger partial charge in [-0.3, -0.25) is 9.69 Å². The number of hydrogen-bond donors (Lipinski definition) is 1. The van der Waals surface area contributed by atoms with Crippen LogP contribution < -0.4 is 10.1 Å². The largest absolute Gasteiger partial charge is 0.484 e. The summed E-state index contributed by atoms with van der Waals surface area (Å²) in [6.45, 7) is 0.836. The maximum Gasteiger partial charge on any atom is 0.262 e. The third-order valence-corrected chi connectivity index (χ3v) is 5.62. The fourth-order valence-corrected chi connectivity index (χ4v) is 3.83. The molecule has 3 rings (SSSR count). The van der Waals surface area contributed by atoms with Gasteiger partial charge in [0.25, 0.3) is 5.91 Å². The minimum Gasteiger partial charge on any atom is -0.484 e. The topological polar surface area (TPSA) is 41.6 Å². The third-order valence-electron chi connectivity index (χ3n) is 5.09. The maximum atomic E-state index is 12.3. The highest BCUT2D eigenvalue weighted by Gasteiger charge is 2.19. The van der Waals surface area contributed by atoms with Gasteiger partial charge in [-0.2, -0.15) is 0 Å². The molecule has 0 unspecified atom stereocenters. The van der Waals surface area contributed by atoms with E-state index in [1.165, 1.54) is 32.1 Å². The molecule has 0 heterocycles. The van der Waals surface area contributed by atoms with Gasteiger partial charge < -0.3 is 10.1 Å². The fourth-order valence-electron chi connectivity index (χ4n) is 3.57. The molecule has 144 valence electrons. The van der Waals surface area contributed by atoms with E-state index in [9.17, 15) is 4.79 Å². The van der Waals surface area contributed by atoms with Crippen LogP contribution in [-0.2, 0) is 11.3 Å². The van der Waals surface area contributed by atoms with Crippen molar-refractivity contribution < 1.29 is 9.53 Å². The minimum atomic E-state index is -0.148. The summed E-state index contributed by atoms with van der Waals surface area (Å²) in [4.78, 5) is 14.8. The van der Waals surface area contributed by atoms with Gasteiger partial charge in [0.2, 0.25) is 0 Å². The third kappa shape index (κ3) is 6.08. The Morgan fingerprint density at radius 2 is 1.81 bits per heavy atom. The predicted molar refractivity (Wildman–Crippen MR) is 113 cm³/mol. The van der Waals surface area contributed by atoms with E-state index < -0.39 is 0 Å². The number of ether oxygens (including phenoxy) is 1. The molecule has 2 aromatic rings. The van der Waals surface area contributed by atoms with E-state index in [-0.39, 0.29) is 12.5 Å². The minimum absolute atomic E-state index is 0.00552. The summed E-state index contributed by atoms with van der Waals surface area (Å²) < 4.78 is 6.55. The van der Waals surface area contributed by atoms with Gasteiger partial charge in [-0.25, -0.2) is 0 Å². The van der Waals surface area contributed by atoms with Crippen LogP contribution in [0.3, 0.4) is 0 Å². The van der Waals surface area contributed by atoms with Crippen LogP contribution in [0.25, 0.3) is 0 Å². The van der Waals surface area contributed by atoms with E-state index >= 15 is 0 Å². The highest BCUT2D eigenvalue weighted by Crippen LogP contribution is 2.25. The Labute approximate surface area is 170 Å². The van der Waals surface area contributed by atoms with Gasteiger partial charge in [0, 0.05) is 22.7 Å². The lowest BCUT2D eigenvalue weighted by Gasteiger charge is -2.31. The molecule has 0 radical (unpaired) electrons. The molecule has 0 aliphatic heterocycles. The van der Waals surface area contributed by atoms with Crippen molar-refractivity contribution in [1.29, 1.82) is 0 Å². The van der Waals surface area contributed by atoms with Crippen LogP contribution in [0, 0.1) is 0 Å². The summed E-state index contributed by atoms with van der Waals surface area (Å²) in [5.41, 5.74) is 2.01. The summed E-state index contributed by atoms with van der Waals surface area (Å²) in [6, 6.07) is 16.1. The Balaban J connectivity index is 1.56. The smallest absolute Gasteiger partial charge is 0.262 e. The molecule has 5 heteroatoms. The first-order valence-electron chi connectivity index (χ1n) is 9.58. The van der Waals surface area contributed by atoms with Crippen molar-refractivity contribution in [3.63, 3.8) is 0 Å². The first-order chi connectivity index (χ1) is 13.1. The fraction of sp³-hybridized carbons (Fsp3) is 0.409. The van der Waals surface area contributed by atoms with E-state index in [0.717, 1.165) is 22.3 Å². The quantitative estimate of drug-likeness (QED) is 0.653. The Bertz CT molecular complexity index is 742. The number of nitrogens with zero attached hydrogens (tertiary/aromatic N) is 1. The zero-order valence-corrected chi connectivity index (χ0v) is 17.4. The lowest BCUT2D eigenvalue weighted by atomic mass is 9.94. The van der Waals surface area contributed by atoms with Crippen molar-refractivity contribution in [3.05, 3.63) is 58.6 Å². The van der Waals surface area contributed by atoms with E-state index in [1.54, 1.807) is 0 Å². The number of anilines is 1. The lowest BCUT2D eigenvalue weighted by Crippen LogP contribution is -2.33. The number of nitrogens with one attached hydrogen (secondary N) is 1. The van der Waals surface area contributed by atoms with Gasteiger partial charge in [0.15, 0.2) is 6.61 Å². The van der Waals surface area contributed by atoms with Gasteiger partial charge in [-0.1, -0.05) is 53.4 Å². The van der Waals surface area contributed by atoms with Crippen LogP contribution in [0.15, 0.2) is 53.0 Å². The number of halogens is 1. The average molecular weight is 431 g/mol. The second-order valence-electron chi connectivity index (χ2n) is 7.15. The van der Waals surface area contributed by atoms with Gasteiger partial charge in [-0.05, 0) is 55.8 Å². The maximum absolute atomic E-state index is 12.3. The van der Waals surface area contributed by atoms with Crippen molar-refractivity contribution in [2.45, 2.75) is 44.7 Å². The van der Waals surface area contributed by atoms with Crippen LogP contribution in [0.2, 0.25) is 0 Å². The Morgan fingerprint density at radius 1 is 1.11 bits per heavy atom. The number of benzene rings is 2. The molecule has 0 bridgehead atoms. The molecule has 0 spiro atoms. The van der Waals surface area contributed by atoms with Gasteiger partial charge in [-0.15, -0.1) is 0 Å². The molecule has 1 aliphatic rings. The average Bonchev–Trinajstić information content (AvgIpc) is 2.70. The van der Waals surface area contributed by atoms with Gasteiger partial charge in [0.05, 0.1) is 0 Å². The van der Waals surface area contributed by atoms with Crippen molar-refractivity contribution in [1.82, 2.24) is 4.90 Å². The second kappa shape index (κ2) is 9.90. The van der Waals surface area contributed by atoms with E-state index in [0.29, 0.717) is 11.8 Å². The molecule has 0 aromatic heterocycles. The number of carbonyl (C=O) groups is 1. The van der Waals surface area contributed by atoms with Gasteiger partial charge >= 0.3 is 0 Å². The second-order valence-corrected chi connectivity index (χ2v) is 8.07. The van der Waals surface area contributed by atoms with Crippen molar-refractivity contribution in [2.75, 3.05) is 19.0 Å². The molecular weight excluding hydrogens is 404 g/mol. The molecule has 1 saturated carbocycles. The molecule has 0 saturated heterocycles. The Morgan fingerprint density at radius 3 is 2.56 bits per heavy atom. The van der Waals surface area contributed by atoms with Crippen molar-refractivity contribution in [3.8, 4) is 5.75 Å². The zero-order valence-electron chi connectivity index (χ0n) is 15.8. The highest BCUT2D eigenvalue weighted by molar-refractivity contribution is 9.10. The molecule has 1 fully saturated rings. The number of carbonyl (C=O) groups excluding carboxylic acids is 1. The van der Waals surface area contributed by atoms with Crippen LogP contribution >= 0.6 is 15.9 Å². The molecule has 27 heavy (non-hydrogen) atoms. The van der Waals surface area contributed by atoms with E-state index in [1.807, 2.05) is 42.5 Å². The first-order valence-corrected chi connectivity index (χ1v) is 10.4. The zero-order chi connectivity index (χ0) is 19.1. The van der Waals surface area contributed by atoms with Crippen molar-refractivity contribution >= 4 is 27.5 Å². The normalized spacial score (nSPS) is 14.9. The molecule has 1 aliphatic carbocycles. The Kier molecular flexibility index (Phi) is 7.30.